The van der Waals surface area contributed by atoms with Crippen molar-refractivity contribution in [2.24, 2.45) is 5.10 Å². The molecule has 0 radical (unpaired) electrons. The lowest BCUT2D eigenvalue weighted by atomic mass is 10.2. The van der Waals surface area contributed by atoms with Gasteiger partial charge in [-0.2, -0.15) is 9.41 Å². The molecule has 1 atom stereocenters. The number of ether oxygens (including phenoxy) is 2. The zero-order valence-corrected chi connectivity index (χ0v) is 23.3. The van der Waals surface area contributed by atoms with Crippen LogP contribution in [0.3, 0.4) is 0 Å². The van der Waals surface area contributed by atoms with Gasteiger partial charge in [-0.05, 0) is 78.6 Å². The Kier molecular flexibility index (Phi) is 9.17. The van der Waals surface area contributed by atoms with E-state index in [2.05, 4.69) is 10.5 Å². The summed E-state index contributed by atoms with van der Waals surface area (Å²) in [5, 5.41) is 5.35. The summed E-state index contributed by atoms with van der Waals surface area (Å²) in [5.41, 5.74) is 3.93. The highest BCUT2D eigenvalue weighted by molar-refractivity contribution is 7.89. The van der Waals surface area contributed by atoms with E-state index in [-0.39, 0.29) is 18.0 Å². The number of nitrogens with one attached hydrogen (secondary N) is 1. The molecule has 200 valence electrons. The molecule has 38 heavy (non-hydrogen) atoms. The van der Waals surface area contributed by atoms with E-state index >= 15 is 0 Å². The summed E-state index contributed by atoms with van der Waals surface area (Å²) in [6.45, 7) is 0.501. The predicted molar refractivity (Wildman–Crippen MR) is 148 cm³/mol. The quantitative estimate of drug-likeness (QED) is 0.259. The molecule has 0 saturated carbocycles. The number of halogens is 3. The Morgan fingerprint density at radius 1 is 1.05 bits per heavy atom. The Balaban J connectivity index is 1.39. The Bertz CT molecular complexity index is 1450. The van der Waals surface area contributed by atoms with E-state index in [1.807, 2.05) is 6.07 Å². The van der Waals surface area contributed by atoms with Crippen LogP contribution in [0.2, 0.25) is 15.1 Å². The first-order valence-corrected chi connectivity index (χ1v) is 14.1. The molecule has 1 aliphatic heterocycles. The van der Waals surface area contributed by atoms with E-state index in [1.165, 1.54) is 41.9 Å². The maximum atomic E-state index is 13.1. The van der Waals surface area contributed by atoms with Gasteiger partial charge in [-0.15, -0.1) is 0 Å². The standard InChI is InChI=1S/C26H24Cl3N3O5S/c1-36-25-14-17(5-11-24(25)37-16-18-4-10-21(28)22(29)13-18)15-30-31-26(33)23-3-2-12-32(23)38(34,35)20-8-6-19(27)7-9-20/h4-11,13-15,23H,2-3,12,16H2,1H3,(H,31,33)/b30-15-/t23-/m1/s1. The Morgan fingerprint density at radius 2 is 1.82 bits per heavy atom. The third kappa shape index (κ3) is 6.59. The van der Waals surface area contributed by atoms with Gasteiger partial charge in [0.25, 0.3) is 5.91 Å². The van der Waals surface area contributed by atoms with Gasteiger partial charge in [0.05, 0.1) is 28.3 Å². The predicted octanol–water partition coefficient (Wildman–Crippen LogP) is 5.54. The molecule has 1 heterocycles. The number of hydrogen-bond acceptors (Lipinski definition) is 6. The molecule has 1 aliphatic rings. The molecule has 0 aliphatic carbocycles. The number of rotatable bonds is 9. The highest BCUT2D eigenvalue weighted by atomic mass is 35.5. The molecule has 8 nitrogen and oxygen atoms in total. The maximum absolute atomic E-state index is 13.1. The Morgan fingerprint density at radius 3 is 2.53 bits per heavy atom. The number of methoxy groups -OCH3 is 1. The lowest BCUT2D eigenvalue weighted by molar-refractivity contribution is -0.124. The number of carbonyl (C=O) groups excluding carboxylic acids is 1. The number of hydrogen-bond donors (Lipinski definition) is 1. The van der Waals surface area contributed by atoms with Crippen molar-refractivity contribution >= 4 is 56.9 Å². The van der Waals surface area contributed by atoms with Crippen LogP contribution < -0.4 is 14.9 Å². The monoisotopic (exact) mass is 595 g/mol. The molecule has 1 saturated heterocycles. The summed E-state index contributed by atoms with van der Waals surface area (Å²) in [4.78, 5) is 12.9. The maximum Gasteiger partial charge on any atom is 0.258 e. The van der Waals surface area contributed by atoms with Crippen LogP contribution in [-0.4, -0.2) is 44.5 Å². The van der Waals surface area contributed by atoms with Crippen molar-refractivity contribution in [1.82, 2.24) is 9.73 Å². The van der Waals surface area contributed by atoms with E-state index < -0.39 is 22.0 Å². The number of amides is 1. The molecule has 0 bridgehead atoms. The van der Waals surface area contributed by atoms with Crippen molar-refractivity contribution in [3.8, 4) is 11.5 Å². The number of benzene rings is 3. The second kappa shape index (κ2) is 12.4. The molecule has 3 aromatic carbocycles. The van der Waals surface area contributed by atoms with Gasteiger partial charge in [0, 0.05) is 11.6 Å². The Labute approximate surface area is 236 Å². The van der Waals surface area contributed by atoms with Crippen molar-refractivity contribution in [3.63, 3.8) is 0 Å². The first-order chi connectivity index (χ1) is 18.2. The lowest BCUT2D eigenvalue weighted by Gasteiger charge is -2.22. The van der Waals surface area contributed by atoms with Crippen molar-refractivity contribution in [2.75, 3.05) is 13.7 Å². The SMILES string of the molecule is COc1cc(/C=N\NC(=O)[C@H]2CCCN2S(=O)(=O)c2ccc(Cl)cc2)ccc1OCc1ccc(Cl)c(Cl)c1. The molecular weight excluding hydrogens is 573 g/mol. The minimum atomic E-state index is -3.85. The van der Waals surface area contributed by atoms with Crippen LogP contribution in [0.15, 0.2) is 70.7 Å². The minimum Gasteiger partial charge on any atom is -0.493 e. The zero-order valence-electron chi connectivity index (χ0n) is 20.2. The molecule has 0 aromatic heterocycles. The molecule has 1 fully saturated rings. The summed E-state index contributed by atoms with van der Waals surface area (Å²) < 4.78 is 38.6. The Hall–Kier alpha value is -2.82. The van der Waals surface area contributed by atoms with Crippen LogP contribution in [0.1, 0.15) is 24.0 Å². The van der Waals surface area contributed by atoms with Gasteiger partial charge in [-0.25, -0.2) is 13.8 Å². The van der Waals surface area contributed by atoms with Gasteiger partial charge < -0.3 is 9.47 Å². The van der Waals surface area contributed by atoms with E-state index in [9.17, 15) is 13.2 Å². The molecule has 0 unspecified atom stereocenters. The summed E-state index contributed by atoms with van der Waals surface area (Å²) in [6.07, 6.45) is 2.40. The van der Waals surface area contributed by atoms with Crippen molar-refractivity contribution in [1.29, 1.82) is 0 Å². The van der Waals surface area contributed by atoms with Gasteiger partial charge in [-0.3, -0.25) is 4.79 Å². The molecule has 4 rings (SSSR count). The average molecular weight is 597 g/mol. The minimum absolute atomic E-state index is 0.0821. The number of nitrogens with zero attached hydrogens (tertiary/aromatic N) is 2. The van der Waals surface area contributed by atoms with Gasteiger partial charge in [0.15, 0.2) is 11.5 Å². The molecular formula is C26H24Cl3N3O5S. The van der Waals surface area contributed by atoms with Crippen molar-refractivity contribution in [3.05, 3.63) is 86.9 Å². The summed E-state index contributed by atoms with van der Waals surface area (Å²) in [6, 6.07) is 15.4. The fraction of sp³-hybridized carbons (Fsp3) is 0.231. The van der Waals surface area contributed by atoms with Gasteiger partial charge in [-0.1, -0.05) is 40.9 Å². The summed E-state index contributed by atoms with van der Waals surface area (Å²) in [7, 11) is -2.34. The average Bonchev–Trinajstić information content (AvgIpc) is 3.41. The number of hydrazone groups is 1. The van der Waals surface area contributed by atoms with Crippen LogP contribution in [0, 0.1) is 0 Å². The second-order valence-electron chi connectivity index (χ2n) is 8.41. The summed E-state index contributed by atoms with van der Waals surface area (Å²) >= 11 is 17.9. The van der Waals surface area contributed by atoms with Gasteiger partial charge in [0.1, 0.15) is 12.6 Å². The first-order valence-electron chi connectivity index (χ1n) is 11.5. The van der Waals surface area contributed by atoms with E-state index in [4.69, 9.17) is 44.3 Å². The topological polar surface area (TPSA) is 97.3 Å². The number of sulfonamides is 1. The third-order valence-corrected chi connectivity index (χ3v) is 8.79. The molecule has 1 amide bonds. The largest absolute Gasteiger partial charge is 0.493 e. The second-order valence-corrected chi connectivity index (χ2v) is 11.6. The van der Waals surface area contributed by atoms with E-state index in [0.29, 0.717) is 45.0 Å². The highest BCUT2D eigenvalue weighted by Crippen LogP contribution is 2.30. The van der Waals surface area contributed by atoms with Gasteiger partial charge >= 0.3 is 0 Å². The lowest BCUT2D eigenvalue weighted by Crippen LogP contribution is -2.44. The van der Waals surface area contributed by atoms with E-state index in [1.54, 1.807) is 30.3 Å². The molecule has 1 N–H and O–H groups in total. The van der Waals surface area contributed by atoms with E-state index in [0.717, 1.165) is 5.56 Å². The van der Waals surface area contributed by atoms with Crippen molar-refractivity contribution in [2.45, 2.75) is 30.4 Å². The fourth-order valence-electron chi connectivity index (χ4n) is 3.95. The first kappa shape index (κ1) is 28.2. The summed E-state index contributed by atoms with van der Waals surface area (Å²) in [5.74, 6) is 0.468. The van der Waals surface area contributed by atoms with Crippen LogP contribution in [0.25, 0.3) is 0 Å². The van der Waals surface area contributed by atoms with Gasteiger partial charge in [0.2, 0.25) is 10.0 Å². The molecule has 3 aromatic rings. The molecule has 12 heteroatoms. The fourth-order valence-corrected chi connectivity index (χ4v) is 6.05. The molecule has 0 spiro atoms. The highest BCUT2D eigenvalue weighted by Gasteiger charge is 2.39. The smallest absolute Gasteiger partial charge is 0.258 e. The normalized spacial score (nSPS) is 16.1. The number of carbonyl (C=O) groups is 1. The zero-order chi connectivity index (χ0) is 27.3. The van der Waals surface area contributed by atoms with Crippen molar-refractivity contribution < 1.29 is 22.7 Å². The van der Waals surface area contributed by atoms with Crippen LogP contribution in [-0.2, 0) is 21.4 Å². The van der Waals surface area contributed by atoms with Crippen LogP contribution >= 0.6 is 34.8 Å². The van der Waals surface area contributed by atoms with Crippen LogP contribution in [0.5, 0.6) is 11.5 Å². The third-order valence-electron chi connectivity index (χ3n) is 5.88. The van der Waals surface area contributed by atoms with Crippen LogP contribution in [0.4, 0.5) is 0 Å².